The SMILES string of the molecule is O=C(O)CSc1nc2ccc([N+](=O)[O-])cc2n1CC(=O)O. The van der Waals surface area contributed by atoms with E-state index in [9.17, 15) is 19.7 Å². The fourth-order valence-corrected chi connectivity index (χ4v) is 2.46. The number of aliphatic carboxylic acids is 2. The predicted octanol–water partition coefficient (Wildman–Crippen LogP) is 1.21. The number of hydrogen-bond acceptors (Lipinski definition) is 6. The molecule has 0 saturated heterocycles. The molecule has 0 bridgehead atoms. The zero-order valence-corrected chi connectivity index (χ0v) is 11.2. The van der Waals surface area contributed by atoms with Crippen LogP contribution in [0.2, 0.25) is 0 Å². The number of carbonyl (C=O) groups is 2. The maximum Gasteiger partial charge on any atom is 0.323 e. The Labute approximate surface area is 121 Å². The summed E-state index contributed by atoms with van der Waals surface area (Å²) in [6, 6.07) is 3.87. The number of imidazole rings is 1. The lowest BCUT2D eigenvalue weighted by molar-refractivity contribution is -0.384. The minimum absolute atomic E-state index is 0.190. The van der Waals surface area contributed by atoms with Crippen molar-refractivity contribution in [3.05, 3.63) is 28.3 Å². The third-order valence-electron chi connectivity index (χ3n) is 2.53. The van der Waals surface area contributed by atoms with Crippen LogP contribution in [0.25, 0.3) is 11.0 Å². The monoisotopic (exact) mass is 311 g/mol. The fourth-order valence-electron chi connectivity index (χ4n) is 1.73. The van der Waals surface area contributed by atoms with Gasteiger partial charge in [0.15, 0.2) is 5.16 Å². The molecule has 0 fully saturated rings. The van der Waals surface area contributed by atoms with Gasteiger partial charge in [-0.15, -0.1) is 0 Å². The highest BCUT2D eigenvalue weighted by atomic mass is 32.2. The van der Waals surface area contributed by atoms with Crippen molar-refractivity contribution >= 4 is 40.4 Å². The van der Waals surface area contributed by atoms with Crippen LogP contribution < -0.4 is 0 Å². The van der Waals surface area contributed by atoms with Crippen LogP contribution in [0.5, 0.6) is 0 Å². The molecular weight excluding hydrogens is 302 g/mol. The van der Waals surface area contributed by atoms with Gasteiger partial charge in [0.1, 0.15) is 6.54 Å². The number of thioether (sulfide) groups is 1. The summed E-state index contributed by atoms with van der Waals surface area (Å²) in [6.45, 7) is -0.459. The van der Waals surface area contributed by atoms with Gasteiger partial charge < -0.3 is 14.8 Å². The molecule has 0 radical (unpaired) electrons. The Hall–Kier alpha value is -2.62. The number of carboxylic acids is 2. The van der Waals surface area contributed by atoms with Crippen molar-refractivity contribution in [3.8, 4) is 0 Å². The van der Waals surface area contributed by atoms with Gasteiger partial charge in [-0.3, -0.25) is 19.7 Å². The second-order valence-corrected chi connectivity index (χ2v) is 4.93. The standard InChI is InChI=1S/C11H9N3O6S/c15-9(16)4-13-8-3-6(14(19)20)1-2-7(8)12-11(13)21-5-10(17)18/h1-3H,4-5H2,(H,15,16)(H,17,18). The minimum Gasteiger partial charge on any atom is -0.481 e. The highest BCUT2D eigenvalue weighted by molar-refractivity contribution is 7.99. The number of nitrogens with zero attached hydrogens (tertiary/aromatic N) is 3. The molecular formula is C11H9N3O6S. The number of fused-ring (bicyclic) bond motifs is 1. The van der Waals surface area contributed by atoms with Crippen molar-refractivity contribution in [3.63, 3.8) is 0 Å². The first kappa shape index (κ1) is 14.8. The van der Waals surface area contributed by atoms with Crippen molar-refractivity contribution in [2.24, 2.45) is 0 Å². The Balaban J connectivity index is 2.53. The van der Waals surface area contributed by atoms with E-state index in [0.29, 0.717) is 5.52 Å². The number of rotatable bonds is 6. The summed E-state index contributed by atoms with van der Waals surface area (Å²) in [7, 11) is 0. The van der Waals surface area contributed by atoms with Gasteiger partial charge in [0.2, 0.25) is 0 Å². The lowest BCUT2D eigenvalue weighted by Gasteiger charge is -2.04. The van der Waals surface area contributed by atoms with Crippen LogP contribution in [0.1, 0.15) is 0 Å². The molecule has 2 N–H and O–H groups in total. The highest BCUT2D eigenvalue weighted by Gasteiger charge is 2.17. The summed E-state index contributed by atoms with van der Waals surface area (Å²) in [4.78, 5) is 35.8. The molecule has 0 unspecified atom stereocenters. The number of non-ortho nitro benzene ring substituents is 1. The molecule has 0 amide bonds. The van der Waals surface area contributed by atoms with Crippen molar-refractivity contribution in [2.75, 3.05) is 5.75 Å². The normalized spacial score (nSPS) is 10.7. The maximum absolute atomic E-state index is 10.9. The van der Waals surface area contributed by atoms with Gasteiger partial charge in [-0.1, -0.05) is 11.8 Å². The predicted molar refractivity (Wildman–Crippen MR) is 72.4 cm³/mol. The molecule has 1 aromatic heterocycles. The molecule has 1 aromatic carbocycles. The molecule has 2 aromatic rings. The summed E-state index contributed by atoms with van der Waals surface area (Å²) >= 11 is 0.856. The summed E-state index contributed by atoms with van der Waals surface area (Å²) in [5.74, 6) is -2.51. The summed E-state index contributed by atoms with van der Waals surface area (Å²) in [5, 5.41) is 28.6. The Morgan fingerprint density at radius 1 is 1.33 bits per heavy atom. The van der Waals surface area contributed by atoms with E-state index in [1.807, 2.05) is 0 Å². The lowest BCUT2D eigenvalue weighted by Crippen LogP contribution is -2.10. The zero-order valence-electron chi connectivity index (χ0n) is 10.4. The first-order chi connectivity index (χ1) is 9.88. The van der Waals surface area contributed by atoms with E-state index in [4.69, 9.17) is 10.2 Å². The first-order valence-electron chi connectivity index (χ1n) is 5.59. The van der Waals surface area contributed by atoms with Gasteiger partial charge in [0.05, 0.1) is 21.7 Å². The number of benzene rings is 1. The molecule has 0 atom stereocenters. The number of nitro benzene ring substituents is 1. The highest BCUT2D eigenvalue weighted by Crippen LogP contribution is 2.27. The molecule has 10 heteroatoms. The topological polar surface area (TPSA) is 136 Å². The molecule has 0 aliphatic heterocycles. The second-order valence-electron chi connectivity index (χ2n) is 3.99. The fraction of sp³-hybridized carbons (Fsp3) is 0.182. The van der Waals surface area contributed by atoms with Gasteiger partial charge in [-0.05, 0) is 6.07 Å². The Kier molecular flexibility index (Phi) is 4.08. The molecule has 0 spiro atoms. The minimum atomic E-state index is -1.15. The Bertz CT molecular complexity index is 741. The van der Waals surface area contributed by atoms with Crippen molar-refractivity contribution < 1.29 is 24.7 Å². The van der Waals surface area contributed by atoms with Gasteiger partial charge >= 0.3 is 11.9 Å². The average Bonchev–Trinajstić information content (AvgIpc) is 2.73. The Morgan fingerprint density at radius 3 is 2.62 bits per heavy atom. The zero-order chi connectivity index (χ0) is 15.6. The van der Waals surface area contributed by atoms with Gasteiger partial charge in [0.25, 0.3) is 5.69 Å². The quantitative estimate of drug-likeness (QED) is 0.461. The van der Waals surface area contributed by atoms with Crippen LogP contribution in [0, 0.1) is 10.1 Å². The molecule has 0 saturated carbocycles. The van der Waals surface area contributed by atoms with Gasteiger partial charge in [0, 0.05) is 12.1 Å². The van der Waals surface area contributed by atoms with E-state index in [-0.39, 0.29) is 22.1 Å². The maximum atomic E-state index is 10.9. The smallest absolute Gasteiger partial charge is 0.323 e. The Morgan fingerprint density at radius 2 is 2.05 bits per heavy atom. The third-order valence-corrected chi connectivity index (χ3v) is 3.49. The van der Waals surface area contributed by atoms with Crippen LogP contribution >= 0.6 is 11.8 Å². The van der Waals surface area contributed by atoms with Crippen molar-refractivity contribution in [2.45, 2.75) is 11.7 Å². The van der Waals surface area contributed by atoms with E-state index in [1.54, 1.807) is 0 Å². The number of aromatic nitrogens is 2. The number of nitro groups is 1. The molecule has 0 aliphatic carbocycles. The molecule has 21 heavy (non-hydrogen) atoms. The van der Waals surface area contributed by atoms with E-state index < -0.39 is 23.4 Å². The second kappa shape index (κ2) is 5.79. The molecule has 1 heterocycles. The molecule has 9 nitrogen and oxygen atoms in total. The van der Waals surface area contributed by atoms with Crippen LogP contribution in [-0.2, 0) is 16.1 Å². The average molecular weight is 311 g/mol. The van der Waals surface area contributed by atoms with Crippen LogP contribution in [0.3, 0.4) is 0 Å². The summed E-state index contributed by atoms with van der Waals surface area (Å²) < 4.78 is 1.25. The van der Waals surface area contributed by atoms with Crippen molar-refractivity contribution in [1.82, 2.24) is 9.55 Å². The molecule has 110 valence electrons. The van der Waals surface area contributed by atoms with Gasteiger partial charge in [-0.2, -0.15) is 0 Å². The van der Waals surface area contributed by atoms with Crippen LogP contribution in [0.15, 0.2) is 23.4 Å². The van der Waals surface area contributed by atoms with E-state index in [1.165, 1.54) is 22.8 Å². The molecule has 2 rings (SSSR count). The number of hydrogen-bond donors (Lipinski definition) is 2. The summed E-state index contributed by atoms with van der Waals surface area (Å²) in [5.41, 5.74) is 0.457. The van der Waals surface area contributed by atoms with E-state index >= 15 is 0 Å². The lowest BCUT2D eigenvalue weighted by atomic mass is 10.3. The van der Waals surface area contributed by atoms with Crippen LogP contribution in [-0.4, -0.2) is 42.4 Å². The van der Waals surface area contributed by atoms with E-state index in [2.05, 4.69) is 4.98 Å². The van der Waals surface area contributed by atoms with E-state index in [0.717, 1.165) is 11.8 Å². The van der Waals surface area contributed by atoms with Crippen LogP contribution in [0.4, 0.5) is 5.69 Å². The first-order valence-corrected chi connectivity index (χ1v) is 6.58. The van der Waals surface area contributed by atoms with Crippen molar-refractivity contribution in [1.29, 1.82) is 0 Å². The number of carboxylic acid groups (broad SMARTS) is 2. The summed E-state index contributed by atoms with van der Waals surface area (Å²) in [6.07, 6.45) is 0. The molecule has 0 aliphatic rings. The largest absolute Gasteiger partial charge is 0.481 e. The van der Waals surface area contributed by atoms with Gasteiger partial charge in [-0.25, -0.2) is 4.98 Å². The third kappa shape index (κ3) is 3.28.